The number of benzene rings is 1. The molecule has 3 atom stereocenters. The molecule has 0 aliphatic carbocycles. The molecule has 20 heavy (non-hydrogen) atoms. The van der Waals surface area contributed by atoms with E-state index >= 15 is 0 Å². The van der Waals surface area contributed by atoms with E-state index in [-0.39, 0.29) is 0 Å². The molecule has 2 aliphatic heterocycles. The molecule has 3 heterocycles. The van der Waals surface area contributed by atoms with Gasteiger partial charge in [0.25, 0.3) is 0 Å². The second kappa shape index (κ2) is 4.22. The van der Waals surface area contributed by atoms with Gasteiger partial charge >= 0.3 is 0 Å². The zero-order valence-electron chi connectivity index (χ0n) is 12.0. The minimum absolute atomic E-state index is 0.368. The van der Waals surface area contributed by atoms with Gasteiger partial charge in [0.15, 0.2) is 0 Å². The van der Waals surface area contributed by atoms with Crippen molar-refractivity contribution in [2.45, 2.75) is 57.3 Å². The van der Waals surface area contributed by atoms with Crippen molar-refractivity contribution in [3.8, 4) is 0 Å². The van der Waals surface area contributed by atoms with Crippen LogP contribution in [-0.4, -0.2) is 21.8 Å². The number of nitrogens with two attached hydrogens (primary N) is 1. The molecule has 1 aromatic heterocycles. The zero-order chi connectivity index (χ0) is 13.9. The minimum atomic E-state index is 0.368. The first-order valence-corrected chi connectivity index (χ1v) is 7.56. The van der Waals surface area contributed by atoms with Gasteiger partial charge in [-0.15, -0.1) is 0 Å². The van der Waals surface area contributed by atoms with Crippen LogP contribution in [0.25, 0.3) is 11.0 Å². The highest BCUT2D eigenvalue weighted by molar-refractivity contribution is 5.80. The number of hydrogen-bond acceptors (Lipinski definition) is 3. The van der Waals surface area contributed by atoms with Crippen molar-refractivity contribution in [2.24, 2.45) is 0 Å². The molecule has 2 aliphatic rings. The monoisotopic (exact) mass is 271 g/mol. The summed E-state index contributed by atoms with van der Waals surface area (Å²) in [6, 6.07) is 6.50. The fourth-order valence-corrected chi connectivity index (χ4v) is 3.77. The maximum Gasteiger partial charge on any atom is 0.112 e. The molecule has 1 aromatic carbocycles. The summed E-state index contributed by atoms with van der Waals surface area (Å²) in [6.07, 6.45) is 4.35. The first kappa shape index (κ1) is 12.2. The molecule has 0 saturated carbocycles. The Balaban J connectivity index is 1.90. The van der Waals surface area contributed by atoms with Gasteiger partial charge in [-0.3, -0.25) is 0 Å². The summed E-state index contributed by atoms with van der Waals surface area (Å²) in [7, 11) is 0. The molecule has 0 radical (unpaired) electrons. The fourth-order valence-electron chi connectivity index (χ4n) is 3.77. The fraction of sp³-hybridized carbons (Fsp3) is 0.562. The Morgan fingerprint density at radius 3 is 2.85 bits per heavy atom. The predicted octanol–water partition coefficient (Wildman–Crippen LogP) is 3.23. The Morgan fingerprint density at radius 1 is 1.35 bits per heavy atom. The molecule has 4 rings (SSSR count). The number of aromatic nitrogens is 2. The number of anilines is 1. The number of nitrogens with zero attached hydrogens (tertiary/aromatic N) is 2. The van der Waals surface area contributed by atoms with Crippen LogP contribution in [0.2, 0.25) is 0 Å². The highest BCUT2D eigenvalue weighted by Gasteiger charge is 2.43. The summed E-state index contributed by atoms with van der Waals surface area (Å²) in [6.45, 7) is 4.41. The van der Waals surface area contributed by atoms with Crippen molar-refractivity contribution in [1.29, 1.82) is 0 Å². The van der Waals surface area contributed by atoms with Gasteiger partial charge in [0.05, 0.1) is 29.3 Å². The summed E-state index contributed by atoms with van der Waals surface area (Å²) in [5.41, 5.74) is 8.89. The van der Waals surface area contributed by atoms with Crippen LogP contribution in [0.4, 0.5) is 5.69 Å². The molecular weight excluding hydrogens is 250 g/mol. The maximum absolute atomic E-state index is 6.04. The van der Waals surface area contributed by atoms with Gasteiger partial charge in [0, 0.05) is 11.6 Å². The summed E-state index contributed by atoms with van der Waals surface area (Å²) in [5, 5.41) is 0. The largest absolute Gasteiger partial charge is 0.399 e. The second-order valence-electron chi connectivity index (χ2n) is 6.42. The Morgan fingerprint density at radius 2 is 2.20 bits per heavy atom. The predicted molar refractivity (Wildman–Crippen MR) is 79.8 cm³/mol. The highest BCUT2D eigenvalue weighted by Crippen LogP contribution is 2.44. The molecule has 2 aromatic rings. The normalized spacial score (nSPS) is 28.9. The van der Waals surface area contributed by atoms with E-state index in [4.69, 9.17) is 15.5 Å². The average molecular weight is 271 g/mol. The smallest absolute Gasteiger partial charge is 0.112 e. The molecule has 2 bridgehead atoms. The summed E-state index contributed by atoms with van der Waals surface area (Å²) in [4.78, 5) is 4.83. The van der Waals surface area contributed by atoms with Crippen molar-refractivity contribution in [2.75, 3.05) is 5.73 Å². The standard InChI is InChI=1S/C16H21N3O/c1-9(2)16-18-12-7-10(17)3-5-13(12)19(16)14-8-11-4-6-15(14)20-11/h3,5,7,9,11,14-15H,4,6,8,17H2,1-2H3. The van der Waals surface area contributed by atoms with Crippen molar-refractivity contribution < 1.29 is 4.74 Å². The molecule has 3 unspecified atom stereocenters. The van der Waals surface area contributed by atoms with E-state index in [9.17, 15) is 0 Å². The van der Waals surface area contributed by atoms with Gasteiger partial charge in [-0.1, -0.05) is 13.8 Å². The molecule has 2 N–H and O–H groups in total. The summed E-state index contributed by atoms with van der Waals surface area (Å²) in [5.74, 6) is 1.56. The van der Waals surface area contributed by atoms with E-state index in [1.165, 1.54) is 18.4 Å². The van der Waals surface area contributed by atoms with E-state index < -0.39 is 0 Å². The lowest BCUT2D eigenvalue weighted by molar-refractivity contribution is 0.0939. The van der Waals surface area contributed by atoms with Gasteiger partial charge in [0.2, 0.25) is 0 Å². The van der Waals surface area contributed by atoms with E-state index in [2.05, 4.69) is 24.5 Å². The number of rotatable bonds is 2. The van der Waals surface area contributed by atoms with Gasteiger partial charge in [0.1, 0.15) is 5.82 Å². The third-order valence-electron chi connectivity index (χ3n) is 4.66. The van der Waals surface area contributed by atoms with Crippen LogP contribution in [-0.2, 0) is 4.74 Å². The molecule has 0 spiro atoms. The third-order valence-corrected chi connectivity index (χ3v) is 4.66. The van der Waals surface area contributed by atoms with Gasteiger partial charge in [-0.05, 0) is 37.5 Å². The minimum Gasteiger partial charge on any atom is -0.399 e. The van der Waals surface area contributed by atoms with E-state index in [1.807, 2.05) is 12.1 Å². The lowest BCUT2D eigenvalue weighted by atomic mass is 9.94. The highest BCUT2D eigenvalue weighted by atomic mass is 16.5. The van der Waals surface area contributed by atoms with Crippen LogP contribution in [0, 0.1) is 0 Å². The van der Waals surface area contributed by atoms with Crippen LogP contribution >= 0.6 is 0 Å². The molecular formula is C16H21N3O. The third kappa shape index (κ3) is 1.67. The Bertz CT molecular complexity index is 661. The topological polar surface area (TPSA) is 53.1 Å². The SMILES string of the molecule is CC(C)c1nc2cc(N)ccc2n1C1CC2CCC1O2. The van der Waals surface area contributed by atoms with Crippen LogP contribution in [0.1, 0.15) is 50.9 Å². The van der Waals surface area contributed by atoms with Crippen LogP contribution < -0.4 is 5.73 Å². The summed E-state index contributed by atoms with van der Waals surface area (Å²) < 4.78 is 8.46. The number of hydrogen-bond donors (Lipinski definition) is 1. The second-order valence-corrected chi connectivity index (χ2v) is 6.42. The zero-order valence-corrected chi connectivity index (χ0v) is 12.0. The molecule has 2 fully saturated rings. The number of fused-ring (bicyclic) bond motifs is 3. The Kier molecular flexibility index (Phi) is 2.58. The van der Waals surface area contributed by atoms with Crippen molar-refractivity contribution >= 4 is 16.7 Å². The molecule has 4 nitrogen and oxygen atoms in total. The lowest BCUT2D eigenvalue weighted by Gasteiger charge is -2.24. The lowest BCUT2D eigenvalue weighted by Crippen LogP contribution is -2.23. The molecule has 2 saturated heterocycles. The molecule has 106 valence electrons. The van der Waals surface area contributed by atoms with E-state index in [0.29, 0.717) is 24.2 Å². The Hall–Kier alpha value is -1.55. The quantitative estimate of drug-likeness (QED) is 0.853. The van der Waals surface area contributed by atoms with Gasteiger partial charge in [-0.2, -0.15) is 0 Å². The molecule has 0 amide bonds. The average Bonchev–Trinajstić information content (AvgIpc) is 3.09. The van der Waals surface area contributed by atoms with E-state index in [0.717, 1.165) is 23.4 Å². The van der Waals surface area contributed by atoms with Gasteiger partial charge in [-0.25, -0.2) is 4.98 Å². The number of imidazole rings is 1. The first-order valence-electron chi connectivity index (χ1n) is 7.56. The van der Waals surface area contributed by atoms with Crippen molar-refractivity contribution in [1.82, 2.24) is 9.55 Å². The van der Waals surface area contributed by atoms with E-state index in [1.54, 1.807) is 0 Å². The van der Waals surface area contributed by atoms with Crippen molar-refractivity contribution in [3.63, 3.8) is 0 Å². The number of ether oxygens (including phenoxy) is 1. The van der Waals surface area contributed by atoms with Crippen molar-refractivity contribution in [3.05, 3.63) is 24.0 Å². The van der Waals surface area contributed by atoms with Crippen LogP contribution in [0.3, 0.4) is 0 Å². The Labute approximate surface area is 118 Å². The van der Waals surface area contributed by atoms with Gasteiger partial charge < -0.3 is 15.0 Å². The summed E-state index contributed by atoms with van der Waals surface area (Å²) >= 11 is 0. The van der Waals surface area contributed by atoms with Crippen LogP contribution in [0.5, 0.6) is 0 Å². The van der Waals surface area contributed by atoms with Crippen LogP contribution in [0.15, 0.2) is 18.2 Å². The maximum atomic E-state index is 6.04. The molecule has 4 heteroatoms. The number of nitrogen functional groups attached to an aromatic ring is 1. The first-order chi connectivity index (χ1) is 9.63.